The van der Waals surface area contributed by atoms with Crippen molar-refractivity contribution in [3.63, 3.8) is 0 Å². The third kappa shape index (κ3) is 5.78. The summed E-state index contributed by atoms with van der Waals surface area (Å²) >= 11 is 5.98. The smallest absolute Gasteiger partial charge is 0.228 e. The molecule has 8 nitrogen and oxygen atoms in total. The first kappa shape index (κ1) is 22.2. The predicted molar refractivity (Wildman–Crippen MR) is 118 cm³/mol. The zero-order chi connectivity index (χ0) is 21.0. The van der Waals surface area contributed by atoms with Gasteiger partial charge >= 0.3 is 0 Å². The summed E-state index contributed by atoms with van der Waals surface area (Å²) in [6.07, 6.45) is 6.66. The molecule has 29 heavy (non-hydrogen) atoms. The summed E-state index contributed by atoms with van der Waals surface area (Å²) < 4.78 is 0. The summed E-state index contributed by atoms with van der Waals surface area (Å²) in [5.41, 5.74) is 6.42. The summed E-state index contributed by atoms with van der Waals surface area (Å²) in [4.78, 5) is 29.1. The van der Waals surface area contributed by atoms with E-state index >= 15 is 0 Å². The fourth-order valence-corrected chi connectivity index (χ4v) is 4.24. The van der Waals surface area contributed by atoms with Crippen molar-refractivity contribution in [2.24, 2.45) is 5.73 Å². The minimum absolute atomic E-state index is 0.0950. The molecule has 3 aliphatic rings. The van der Waals surface area contributed by atoms with Crippen molar-refractivity contribution >= 4 is 29.0 Å². The summed E-state index contributed by atoms with van der Waals surface area (Å²) in [5.74, 6) is 0.885. The SMILES string of the molecule is CN1CCC(N)CC1.CN1CCC(N2CCC(=O)N(C)c3cnc(Cl)nc32)CC1. The first-order valence-electron chi connectivity index (χ1n) is 10.5. The Kier molecular flexibility index (Phi) is 7.67. The van der Waals surface area contributed by atoms with Crippen LogP contribution in [0.4, 0.5) is 11.5 Å². The maximum atomic E-state index is 12.1. The van der Waals surface area contributed by atoms with E-state index in [-0.39, 0.29) is 11.2 Å². The number of halogens is 1. The Labute approximate surface area is 179 Å². The van der Waals surface area contributed by atoms with Gasteiger partial charge < -0.3 is 25.3 Å². The second kappa shape index (κ2) is 10.0. The van der Waals surface area contributed by atoms with Gasteiger partial charge in [-0.15, -0.1) is 0 Å². The molecule has 4 heterocycles. The van der Waals surface area contributed by atoms with E-state index in [2.05, 4.69) is 38.8 Å². The van der Waals surface area contributed by atoms with E-state index in [0.717, 1.165) is 37.4 Å². The van der Waals surface area contributed by atoms with E-state index in [4.69, 9.17) is 17.3 Å². The minimum atomic E-state index is 0.0950. The molecule has 0 aromatic carbocycles. The summed E-state index contributed by atoms with van der Waals surface area (Å²) in [6, 6.07) is 0.886. The number of amides is 1. The van der Waals surface area contributed by atoms with Crippen LogP contribution in [0, 0.1) is 0 Å². The lowest BCUT2D eigenvalue weighted by Crippen LogP contribution is -2.44. The summed E-state index contributed by atoms with van der Waals surface area (Å²) in [5, 5.41) is 0.231. The normalized spacial score (nSPS) is 22.7. The molecular formula is C20H34ClN7O. The highest BCUT2D eigenvalue weighted by Crippen LogP contribution is 2.33. The topological polar surface area (TPSA) is 81.8 Å². The number of fused-ring (bicyclic) bond motifs is 1. The van der Waals surface area contributed by atoms with Gasteiger partial charge in [0.25, 0.3) is 0 Å². The number of nitrogens with two attached hydrogens (primary N) is 1. The Balaban J connectivity index is 0.000000252. The Hall–Kier alpha value is -1.48. The van der Waals surface area contributed by atoms with Gasteiger partial charge in [0.05, 0.1) is 6.20 Å². The van der Waals surface area contributed by atoms with E-state index < -0.39 is 0 Å². The zero-order valence-electron chi connectivity index (χ0n) is 17.8. The molecule has 1 amide bonds. The van der Waals surface area contributed by atoms with Gasteiger partial charge in [0, 0.05) is 32.1 Å². The second-order valence-electron chi connectivity index (χ2n) is 8.42. The van der Waals surface area contributed by atoms with Crippen molar-refractivity contribution in [2.75, 3.05) is 63.7 Å². The number of carbonyl (C=O) groups excluding carboxylic acids is 1. The molecule has 162 valence electrons. The third-order valence-corrected chi connectivity index (χ3v) is 6.37. The van der Waals surface area contributed by atoms with Crippen LogP contribution in [0.5, 0.6) is 0 Å². The zero-order valence-corrected chi connectivity index (χ0v) is 18.6. The van der Waals surface area contributed by atoms with Crippen molar-refractivity contribution in [3.8, 4) is 0 Å². The number of hydrogen-bond donors (Lipinski definition) is 1. The molecule has 0 unspecified atom stereocenters. The van der Waals surface area contributed by atoms with Crippen LogP contribution in [-0.2, 0) is 4.79 Å². The third-order valence-electron chi connectivity index (χ3n) is 6.19. The Morgan fingerprint density at radius 2 is 1.59 bits per heavy atom. The van der Waals surface area contributed by atoms with Crippen molar-refractivity contribution in [2.45, 2.75) is 44.2 Å². The maximum Gasteiger partial charge on any atom is 0.228 e. The molecule has 1 aromatic heterocycles. The predicted octanol–water partition coefficient (Wildman–Crippen LogP) is 1.44. The number of likely N-dealkylation sites (tertiary alicyclic amines) is 2. The Morgan fingerprint density at radius 3 is 2.17 bits per heavy atom. The fourth-order valence-electron chi connectivity index (χ4n) is 4.11. The molecule has 0 aliphatic carbocycles. The lowest BCUT2D eigenvalue weighted by Gasteiger charge is -2.37. The summed E-state index contributed by atoms with van der Waals surface area (Å²) in [6.45, 7) is 5.19. The standard InChI is InChI=1S/C14H20ClN5O.C6H14N2/c1-18-6-3-10(4-7-18)20-8-5-12(21)19(2)11-9-16-14(15)17-13(11)20;1-8-4-2-6(7)3-5-8/h9-10H,3-8H2,1-2H3;6H,2-5,7H2,1H3. The minimum Gasteiger partial charge on any atom is -0.351 e. The van der Waals surface area contributed by atoms with Crippen LogP contribution in [-0.4, -0.2) is 91.6 Å². The number of piperidine rings is 2. The number of anilines is 2. The average Bonchev–Trinajstić information content (AvgIpc) is 2.82. The molecular weight excluding hydrogens is 390 g/mol. The highest BCUT2D eigenvalue weighted by molar-refractivity contribution is 6.28. The first-order valence-corrected chi connectivity index (χ1v) is 10.9. The van der Waals surface area contributed by atoms with Gasteiger partial charge in [0.1, 0.15) is 5.69 Å². The van der Waals surface area contributed by atoms with E-state index in [1.165, 1.54) is 25.9 Å². The van der Waals surface area contributed by atoms with Crippen molar-refractivity contribution in [3.05, 3.63) is 11.5 Å². The Bertz CT molecular complexity index is 677. The molecule has 2 saturated heterocycles. The second-order valence-corrected chi connectivity index (χ2v) is 8.76. The highest BCUT2D eigenvalue weighted by atomic mass is 35.5. The number of aromatic nitrogens is 2. The Morgan fingerprint density at radius 1 is 1.00 bits per heavy atom. The molecule has 0 atom stereocenters. The molecule has 2 N–H and O–H groups in total. The van der Waals surface area contributed by atoms with Gasteiger partial charge in [-0.3, -0.25) is 4.79 Å². The monoisotopic (exact) mass is 423 g/mol. The number of rotatable bonds is 1. The van der Waals surface area contributed by atoms with Gasteiger partial charge in [-0.1, -0.05) is 0 Å². The molecule has 3 aliphatic heterocycles. The molecule has 9 heteroatoms. The molecule has 0 radical (unpaired) electrons. The van der Waals surface area contributed by atoms with E-state index in [9.17, 15) is 4.79 Å². The number of hydrogen-bond acceptors (Lipinski definition) is 7. The number of carbonyl (C=O) groups is 1. The van der Waals surface area contributed by atoms with Crippen LogP contribution in [0.2, 0.25) is 5.28 Å². The van der Waals surface area contributed by atoms with Crippen molar-refractivity contribution in [1.29, 1.82) is 0 Å². The number of nitrogens with zero attached hydrogens (tertiary/aromatic N) is 6. The lowest BCUT2D eigenvalue weighted by atomic mass is 10.0. The van der Waals surface area contributed by atoms with Gasteiger partial charge in [0.15, 0.2) is 5.82 Å². The maximum absolute atomic E-state index is 12.1. The van der Waals surface area contributed by atoms with E-state index in [0.29, 0.717) is 25.0 Å². The quantitative estimate of drug-likeness (QED) is 0.684. The van der Waals surface area contributed by atoms with Gasteiger partial charge in [0.2, 0.25) is 11.2 Å². The van der Waals surface area contributed by atoms with E-state index in [1.807, 2.05) is 0 Å². The molecule has 2 fully saturated rings. The van der Waals surface area contributed by atoms with Crippen molar-refractivity contribution in [1.82, 2.24) is 19.8 Å². The van der Waals surface area contributed by atoms with Crippen LogP contribution in [0.3, 0.4) is 0 Å². The first-order chi connectivity index (χ1) is 13.8. The van der Waals surface area contributed by atoms with E-state index in [1.54, 1.807) is 18.1 Å². The van der Waals surface area contributed by atoms with Crippen LogP contribution in [0.15, 0.2) is 6.20 Å². The molecule has 1 aromatic rings. The lowest BCUT2D eigenvalue weighted by molar-refractivity contribution is -0.118. The average molecular weight is 424 g/mol. The van der Waals surface area contributed by atoms with Gasteiger partial charge in [-0.2, -0.15) is 4.98 Å². The fraction of sp³-hybridized carbons (Fsp3) is 0.750. The largest absolute Gasteiger partial charge is 0.351 e. The van der Waals surface area contributed by atoms with Crippen LogP contribution in [0.25, 0.3) is 0 Å². The summed E-state index contributed by atoms with van der Waals surface area (Å²) in [7, 11) is 6.06. The van der Waals surface area contributed by atoms with Crippen molar-refractivity contribution < 1.29 is 4.79 Å². The van der Waals surface area contributed by atoms with Crippen LogP contribution < -0.4 is 15.5 Å². The molecule has 0 bridgehead atoms. The molecule has 0 spiro atoms. The molecule has 4 rings (SSSR count). The van der Waals surface area contributed by atoms with Gasteiger partial charge in [-0.05, 0) is 77.6 Å². The van der Waals surface area contributed by atoms with Gasteiger partial charge in [-0.25, -0.2) is 4.98 Å². The highest BCUT2D eigenvalue weighted by Gasteiger charge is 2.31. The molecule has 0 saturated carbocycles. The van der Waals surface area contributed by atoms with Crippen LogP contribution >= 0.6 is 11.6 Å². The van der Waals surface area contributed by atoms with Crippen LogP contribution in [0.1, 0.15) is 32.1 Å².